The molecule has 1 aliphatic heterocycles. The molecule has 0 fully saturated rings. The van der Waals surface area contributed by atoms with E-state index in [0.29, 0.717) is 5.82 Å². The number of rotatable bonds is 5. The molecule has 0 bridgehead atoms. The number of ether oxygens (including phenoxy) is 1. The zero-order valence-electron chi connectivity index (χ0n) is 11.4. The molecule has 0 aliphatic carbocycles. The highest BCUT2D eigenvalue weighted by Crippen LogP contribution is 2.19. The molecular formula is C13H18F3N3O. The van der Waals surface area contributed by atoms with Crippen LogP contribution >= 0.6 is 0 Å². The maximum Gasteiger partial charge on any atom is 0.411 e. The van der Waals surface area contributed by atoms with Crippen molar-refractivity contribution in [2.45, 2.75) is 45.5 Å². The summed E-state index contributed by atoms with van der Waals surface area (Å²) >= 11 is 0. The Labute approximate surface area is 115 Å². The van der Waals surface area contributed by atoms with Crippen molar-refractivity contribution < 1.29 is 17.9 Å². The number of nitrogens with one attached hydrogen (secondary N) is 1. The highest BCUT2D eigenvalue weighted by molar-refractivity contribution is 5.28. The number of fused-ring (bicyclic) bond motifs is 1. The van der Waals surface area contributed by atoms with Crippen LogP contribution in [0.2, 0.25) is 0 Å². The molecule has 20 heavy (non-hydrogen) atoms. The molecule has 1 aliphatic rings. The van der Waals surface area contributed by atoms with Crippen LogP contribution in [0.25, 0.3) is 0 Å². The van der Waals surface area contributed by atoms with Crippen LogP contribution in [-0.2, 0) is 30.7 Å². The van der Waals surface area contributed by atoms with E-state index in [9.17, 15) is 13.2 Å². The van der Waals surface area contributed by atoms with Crippen molar-refractivity contribution in [3.8, 4) is 0 Å². The van der Waals surface area contributed by atoms with E-state index in [0.717, 1.165) is 49.3 Å². The lowest BCUT2D eigenvalue weighted by Gasteiger charge is -2.20. The first kappa shape index (κ1) is 15.2. The van der Waals surface area contributed by atoms with E-state index in [1.54, 1.807) is 0 Å². The Morgan fingerprint density at radius 3 is 2.80 bits per heavy atom. The third-order valence-corrected chi connectivity index (χ3v) is 3.05. The lowest BCUT2D eigenvalue weighted by atomic mass is 10.0. The molecule has 1 aromatic rings. The second kappa shape index (κ2) is 6.49. The zero-order valence-corrected chi connectivity index (χ0v) is 11.4. The molecule has 0 unspecified atom stereocenters. The number of hydrogen-bond acceptors (Lipinski definition) is 4. The van der Waals surface area contributed by atoms with Crippen molar-refractivity contribution >= 4 is 0 Å². The molecule has 0 aromatic carbocycles. The summed E-state index contributed by atoms with van der Waals surface area (Å²) in [6, 6.07) is 0. The number of alkyl halides is 3. The summed E-state index contributed by atoms with van der Waals surface area (Å²) in [5.74, 6) is 0.346. The van der Waals surface area contributed by atoms with Crippen molar-refractivity contribution in [2.24, 2.45) is 0 Å². The smallest absolute Gasteiger partial charge is 0.364 e. The van der Waals surface area contributed by atoms with Crippen molar-refractivity contribution in [1.82, 2.24) is 15.3 Å². The minimum Gasteiger partial charge on any atom is -0.364 e. The summed E-state index contributed by atoms with van der Waals surface area (Å²) in [6.45, 7) is 2.15. The Hall–Kier alpha value is -1.21. The molecule has 1 aromatic heterocycles. The molecule has 0 saturated heterocycles. The highest BCUT2D eigenvalue weighted by Gasteiger charge is 2.27. The molecule has 0 atom stereocenters. The van der Waals surface area contributed by atoms with Crippen LogP contribution in [0, 0.1) is 0 Å². The largest absolute Gasteiger partial charge is 0.411 e. The van der Waals surface area contributed by atoms with Gasteiger partial charge in [0.15, 0.2) is 5.82 Å². The Morgan fingerprint density at radius 2 is 2.10 bits per heavy atom. The molecule has 0 saturated carbocycles. The standard InChI is InChI=1S/C13H18F3N3O/c1-2-3-10-9-6-17-5-4-11(9)19-12(18-10)7-20-8-13(14,15)16/h17H,2-8H2,1H3. The summed E-state index contributed by atoms with van der Waals surface area (Å²) in [7, 11) is 0. The molecule has 2 rings (SSSR count). The predicted octanol–water partition coefficient (Wildman–Crippen LogP) is 2.15. The summed E-state index contributed by atoms with van der Waals surface area (Å²) in [5.41, 5.74) is 2.96. The van der Waals surface area contributed by atoms with Gasteiger partial charge in [-0.15, -0.1) is 0 Å². The zero-order chi connectivity index (χ0) is 14.6. The second-order valence-electron chi connectivity index (χ2n) is 4.80. The minimum atomic E-state index is -4.32. The van der Waals surface area contributed by atoms with E-state index < -0.39 is 12.8 Å². The average molecular weight is 289 g/mol. The molecule has 1 N–H and O–H groups in total. The van der Waals surface area contributed by atoms with E-state index >= 15 is 0 Å². The number of aryl methyl sites for hydroxylation is 1. The Kier molecular flexibility index (Phi) is 4.93. The maximum atomic E-state index is 12.1. The maximum absolute atomic E-state index is 12.1. The average Bonchev–Trinajstić information content (AvgIpc) is 2.37. The van der Waals surface area contributed by atoms with Crippen molar-refractivity contribution in [2.75, 3.05) is 13.2 Å². The van der Waals surface area contributed by atoms with Gasteiger partial charge in [-0.25, -0.2) is 9.97 Å². The Balaban J connectivity index is 2.11. The molecule has 0 amide bonds. The van der Waals surface area contributed by atoms with E-state index in [4.69, 9.17) is 0 Å². The number of halogens is 3. The van der Waals surface area contributed by atoms with Crippen LogP contribution in [0.15, 0.2) is 0 Å². The van der Waals surface area contributed by atoms with Gasteiger partial charge in [-0.3, -0.25) is 0 Å². The summed E-state index contributed by atoms with van der Waals surface area (Å²) in [6.07, 6.45) is -1.80. The van der Waals surface area contributed by atoms with Gasteiger partial charge in [-0.2, -0.15) is 13.2 Å². The van der Waals surface area contributed by atoms with E-state index in [1.807, 2.05) is 6.92 Å². The molecule has 7 heteroatoms. The van der Waals surface area contributed by atoms with Crippen LogP contribution in [0.4, 0.5) is 13.2 Å². The molecule has 4 nitrogen and oxygen atoms in total. The molecule has 2 heterocycles. The van der Waals surface area contributed by atoms with E-state index in [1.165, 1.54) is 0 Å². The quantitative estimate of drug-likeness (QED) is 0.902. The van der Waals surface area contributed by atoms with Gasteiger partial charge in [0.05, 0.1) is 5.69 Å². The Morgan fingerprint density at radius 1 is 1.30 bits per heavy atom. The number of hydrogen-bond donors (Lipinski definition) is 1. The predicted molar refractivity (Wildman–Crippen MR) is 67.1 cm³/mol. The van der Waals surface area contributed by atoms with Crippen LogP contribution in [0.5, 0.6) is 0 Å². The first-order chi connectivity index (χ1) is 9.49. The number of aromatic nitrogens is 2. The summed E-state index contributed by atoms with van der Waals surface area (Å²) < 4.78 is 40.8. The minimum absolute atomic E-state index is 0.197. The lowest BCUT2D eigenvalue weighted by Crippen LogP contribution is -2.27. The van der Waals surface area contributed by atoms with Crippen LogP contribution < -0.4 is 5.32 Å². The fourth-order valence-electron chi connectivity index (χ4n) is 2.24. The monoisotopic (exact) mass is 289 g/mol. The van der Waals surface area contributed by atoms with Gasteiger partial charge < -0.3 is 10.1 Å². The van der Waals surface area contributed by atoms with E-state index in [2.05, 4.69) is 20.0 Å². The first-order valence-electron chi connectivity index (χ1n) is 6.72. The third kappa shape index (κ3) is 4.14. The van der Waals surface area contributed by atoms with Gasteiger partial charge in [-0.1, -0.05) is 13.3 Å². The van der Waals surface area contributed by atoms with Gasteiger partial charge in [-0.05, 0) is 6.42 Å². The van der Waals surface area contributed by atoms with Gasteiger partial charge >= 0.3 is 6.18 Å². The van der Waals surface area contributed by atoms with Gasteiger partial charge in [0.25, 0.3) is 0 Å². The van der Waals surface area contributed by atoms with Gasteiger partial charge in [0, 0.05) is 30.8 Å². The normalized spacial score (nSPS) is 15.2. The van der Waals surface area contributed by atoms with Crippen LogP contribution in [0.3, 0.4) is 0 Å². The van der Waals surface area contributed by atoms with Crippen LogP contribution in [0.1, 0.15) is 36.1 Å². The molecule has 0 spiro atoms. The third-order valence-electron chi connectivity index (χ3n) is 3.05. The summed E-state index contributed by atoms with van der Waals surface area (Å²) in [4.78, 5) is 8.68. The van der Waals surface area contributed by atoms with Gasteiger partial charge in [0.1, 0.15) is 13.2 Å². The summed E-state index contributed by atoms with van der Waals surface area (Å²) in [5, 5.41) is 3.26. The topological polar surface area (TPSA) is 47.0 Å². The molecular weight excluding hydrogens is 271 g/mol. The fourth-order valence-corrected chi connectivity index (χ4v) is 2.24. The van der Waals surface area contributed by atoms with Crippen molar-refractivity contribution in [1.29, 1.82) is 0 Å². The van der Waals surface area contributed by atoms with Crippen molar-refractivity contribution in [3.05, 3.63) is 22.8 Å². The molecule has 112 valence electrons. The lowest BCUT2D eigenvalue weighted by molar-refractivity contribution is -0.177. The Bertz CT molecular complexity index is 463. The first-order valence-corrected chi connectivity index (χ1v) is 6.72. The van der Waals surface area contributed by atoms with Crippen LogP contribution in [-0.4, -0.2) is 29.3 Å². The number of nitrogens with zero attached hydrogens (tertiary/aromatic N) is 2. The second-order valence-corrected chi connectivity index (χ2v) is 4.80. The SMILES string of the molecule is CCCc1nc(COCC(F)(F)F)nc2c1CNCC2. The highest BCUT2D eigenvalue weighted by atomic mass is 19.4. The van der Waals surface area contributed by atoms with E-state index in [-0.39, 0.29) is 6.61 Å². The fraction of sp³-hybridized carbons (Fsp3) is 0.692. The van der Waals surface area contributed by atoms with Gasteiger partial charge in [0.2, 0.25) is 0 Å². The molecule has 0 radical (unpaired) electrons. The van der Waals surface area contributed by atoms with Crippen molar-refractivity contribution in [3.63, 3.8) is 0 Å².